The van der Waals surface area contributed by atoms with Crippen molar-refractivity contribution in [3.8, 4) is 0 Å². The standard InChI is InChI=1S/C21H24N4O/c1-16(25-15-22-19-7-3-4-8-20(19)25)21(26)23-17-9-11-18(12-10-17)24-13-5-2-6-14-24/h3-4,7-12,15-16H,2,5-6,13-14H2,1H3,(H,23,26)/t16-/m1/s1. The molecule has 1 amide bonds. The highest BCUT2D eigenvalue weighted by Gasteiger charge is 2.17. The van der Waals surface area contributed by atoms with E-state index in [1.807, 2.05) is 47.9 Å². The number of fused-ring (bicyclic) bond motifs is 1. The highest BCUT2D eigenvalue weighted by molar-refractivity contribution is 5.94. The van der Waals surface area contributed by atoms with Crippen LogP contribution in [0.1, 0.15) is 32.2 Å². The molecule has 1 aliphatic rings. The number of carbonyl (C=O) groups is 1. The highest BCUT2D eigenvalue weighted by Crippen LogP contribution is 2.23. The first-order valence-corrected chi connectivity index (χ1v) is 9.30. The lowest BCUT2D eigenvalue weighted by Gasteiger charge is -2.28. The van der Waals surface area contributed by atoms with Crippen molar-refractivity contribution in [2.24, 2.45) is 0 Å². The molecule has 5 heteroatoms. The molecule has 0 radical (unpaired) electrons. The fraction of sp³-hybridized carbons (Fsp3) is 0.333. The SMILES string of the molecule is C[C@H](C(=O)Nc1ccc(N2CCCCC2)cc1)n1cnc2ccccc21. The maximum absolute atomic E-state index is 12.7. The van der Waals surface area contributed by atoms with Crippen molar-refractivity contribution in [3.63, 3.8) is 0 Å². The molecule has 26 heavy (non-hydrogen) atoms. The van der Waals surface area contributed by atoms with Crippen LogP contribution >= 0.6 is 0 Å². The second-order valence-electron chi connectivity index (χ2n) is 6.90. The summed E-state index contributed by atoms with van der Waals surface area (Å²) < 4.78 is 1.91. The van der Waals surface area contributed by atoms with Gasteiger partial charge in [0, 0.05) is 24.5 Å². The van der Waals surface area contributed by atoms with Crippen molar-refractivity contribution in [2.75, 3.05) is 23.3 Å². The molecule has 0 spiro atoms. The smallest absolute Gasteiger partial charge is 0.247 e. The van der Waals surface area contributed by atoms with Gasteiger partial charge in [-0.25, -0.2) is 4.98 Å². The second-order valence-corrected chi connectivity index (χ2v) is 6.90. The number of rotatable bonds is 4. The summed E-state index contributed by atoms with van der Waals surface area (Å²) in [7, 11) is 0. The zero-order chi connectivity index (χ0) is 17.9. The molecule has 2 heterocycles. The summed E-state index contributed by atoms with van der Waals surface area (Å²) in [4.78, 5) is 19.5. The average molecular weight is 348 g/mol. The Labute approximate surface area is 153 Å². The third kappa shape index (κ3) is 3.29. The van der Waals surface area contributed by atoms with E-state index in [-0.39, 0.29) is 11.9 Å². The van der Waals surface area contributed by atoms with Gasteiger partial charge >= 0.3 is 0 Å². The third-order valence-electron chi connectivity index (χ3n) is 5.13. The molecule has 0 unspecified atom stereocenters. The Morgan fingerprint density at radius 2 is 1.77 bits per heavy atom. The van der Waals surface area contributed by atoms with Crippen LogP contribution in [0.25, 0.3) is 11.0 Å². The number of para-hydroxylation sites is 2. The summed E-state index contributed by atoms with van der Waals surface area (Å²) in [5, 5.41) is 3.02. The van der Waals surface area contributed by atoms with Crippen LogP contribution in [0.2, 0.25) is 0 Å². The number of imidazole rings is 1. The van der Waals surface area contributed by atoms with Gasteiger partial charge in [-0.05, 0) is 62.6 Å². The van der Waals surface area contributed by atoms with Crippen molar-refractivity contribution in [1.82, 2.24) is 9.55 Å². The zero-order valence-electron chi connectivity index (χ0n) is 15.1. The van der Waals surface area contributed by atoms with Gasteiger partial charge in [-0.15, -0.1) is 0 Å². The molecule has 0 bridgehead atoms. The molecule has 5 nitrogen and oxygen atoms in total. The minimum absolute atomic E-state index is 0.0427. The largest absolute Gasteiger partial charge is 0.372 e. The van der Waals surface area contributed by atoms with Gasteiger partial charge in [0.25, 0.3) is 0 Å². The maximum Gasteiger partial charge on any atom is 0.247 e. The predicted octanol–water partition coefficient (Wildman–Crippen LogP) is 4.23. The topological polar surface area (TPSA) is 50.2 Å². The first kappa shape index (κ1) is 16.6. The minimum Gasteiger partial charge on any atom is -0.372 e. The Bertz CT molecular complexity index is 894. The summed E-state index contributed by atoms with van der Waals surface area (Å²) in [6.07, 6.45) is 5.57. The molecule has 1 fully saturated rings. The van der Waals surface area contributed by atoms with Gasteiger partial charge in [0.1, 0.15) is 6.04 Å². The van der Waals surface area contributed by atoms with Crippen molar-refractivity contribution >= 4 is 28.3 Å². The summed E-state index contributed by atoms with van der Waals surface area (Å²) in [5.41, 5.74) is 3.93. The molecule has 1 N–H and O–H groups in total. The number of aromatic nitrogens is 2. The van der Waals surface area contributed by atoms with E-state index in [0.717, 1.165) is 29.8 Å². The number of hydrogen-bond acceptors (Lipinski definition) is 3. The molecule has 1 saturated heterocycles. The van der Waals surface area contributed by atoms with Gasteiger partial charge in [0.15, 0.2) is 0 Å². The minimum atomic E-state index is -0.329. The molecule has 1 atom stereocenters. The second kappa shape index (κ2) is 7.20. The van der Waals surface area contributed by atoms with Gasteiger partial charge in [0.2, 0.25) is 5.91 Å². The van der Waals surface area contributed by atoms with Gasteiger partial charge < -0.3 is 14.8 Å². The van der Waals surface area contributed by atoms with E-state index in [1.165, 1.54) is 24.9 Å². The third-order valence-corrected chi connectivity index (χ3v) is 5.13. The summed E-state index contributed by atoms with van der Waals surface area (Å²) in [6, 6.07) is 15.7. The van der Waals surface area contributed by atoms with Crippen LogP contribution in [0, 0.1) is 0 Å². The molecule has 0 aliphatic carbocycles. The van der Waals surface area contributed by atoms with Crippen molar-refractivity contribution in [2.45, 2.75) is 32.2 Å². The lowest BCUT2D eigenvalue weighted by atomic mass is 10.1. The Hall–Kier alpha value is -2.82. The first-order chi connectivity index (χ1) is 12.7. The predicted molar refractivity (Wildman–Crippen MR) is 106 cm³/mol. The lowest BCUT2D eigenvalue weighted by molar-refractivity contribution is -0.118. The number of nitrogens with one attached hydrogen (secondary N) is 1. The number of piperidine rings is 1. The summed E-state index contributed by atoms with van der Waals surface area (Å²) in [5.74, 6) is -0.0427. The van der Waals surface area contributed by atoms with Crippen LogP contribution in [-0.4, -0.2) is 28.5 Å². The number of hydrogen-bond donors (Lipinski definition) is 1. The van der Waals surface area contributed by atoms with E-state index < -0.39 is 0 Å². The van der Waals surface area contributed by atoms with Crippen molar-refractivity contribution in [3.05, 3.63) is 54.9 Å². The number of amides is 1. The fourth-order valence-corrected chi connectivity index (χ4v) is 3.57. The van der Waals surface area contributed by atoms with E-state index in [0.29, 0.717) is 0 Å². The Morgan fingerprint density at radius 1 is 1.04 bits per heavy atom. The molecule has 0 saturated carbocycles. The maximum atomic E-state index is 12.7. The van der Waals surface area contributed by atoms with Crippen LogP contribution in [-0.2, 0) is 4.79 Å². The van der Waals surface area contributed by atoms with Gasteiger partial charge in [-0.2, -0.15) is 0 Å². The van der Waals surface area contributed by atoms with Crippen LogP contribution in [0.5, 0.6) is 0 Å². The zero-order valence-corrected chi connectivity index (χ0v) is 15.1. The Morgan fingerprint density at radius 3 is 2.54 bits per heavy atom. The number of anilines is 2. The Balaban J connectivity index is 1.45. The first-order valence-electron chi connectivity index (χ1n) is 9.30. The van der Waals surface area contributed by atoms with Crippen molar-refractivity contribution < 1.29 is 4.79 Å². The quantitative estimate of drug-likeness (QED) is 0.768. The van der Waals surface area contributed by atoms with Crippen LogP contribution < -0.4 is 10.2 Å². The van der Waals surface area contributed by atoms with E-state index in [9.17, 15) is 4.79 Å². The van der Waals surface area contributed by atoms with Gasteiger partial charge in [0.05, 0.1) is 17.4 Å². The monoisotopic (exact) mass is 348 g/mol. The molecule has 2 aromatic carbocycles. The van der Waals surface area contributed by atoms with E-state index in [4.69, 9.17) is 0 Å². The van der Waals surface area contributed by atoms with E-state index in [2.05, 4.69) is 27.3 Å². The molecular weight excluding hydrogens is 324 g/mol. The van der Waals surface area contributed by atoms with Crippen LogP contribution in [0.4, 0.5) is 11.4 Å². The number of carbonyl (C=O) groups excluding carboxylic acids is 1. The molecule has 4 rings (SSSR count). The molecular formula is C21H24N4O. The highest BCUT2D eigenvalue weighted by atomic mass is 16.2. The summed E-state index contributed by atoms with van der Waals surface area (Å²) in [6.45, 7) is 4.14. The van der Waals surface area contributed by atoms with Gasteiger partial charge in [-0.1, -0.05) is 12.1 Å². The Kier molecular flexibility index (Phi) is 4.61. The lowest BCUT2D eigenvalue weighted by Crippen LogP contribution is -2.29. The van der Waals surface area contributed by atoms with Gasteiger partial charge in [-0.3, -0.25) is 4.79 Å². The number of benzene rings is 2. The molecule has 134 valence electrons. The van der Waals surface area contributed by atoms with Crippen LogP contribution in [0.15, 0.2) is 54.9 Å². The average Bonchev–Trinajstić information content (AvgIpc) is 3.13. The van der Waals surface area contributed by atoms with Crippen LogP contribution in [0.3, 0.4) is 0 Å². The fourth-order valence-electron chi connectivity index (χ4n) is 3.57. The molecule has 1 aliphatic heterocycles. The number of nitrogens with zero attached hydrogens (tertiary/aromatic N) is 3. The van der Waals surface area contributed by atoms with Crippen molar-refractivity contribution in [1.29, 1.82) is 0 Å². The van der Waals surface area contributed by atoms with E-state index >= 15 is 0 Å². The summed E-state index contributed by atoms with van der Waals surface area (Å²) >= 11 is 0. The normalized spacial score (nSPS) is 15.8. The van der Waals surface area contributed by atoms with E-state index in [1.54, 1.807) is 6.33 Å². The molecule has 3 aromatic rings. The molecule has 1 aromatic heterocycles.